The molecule has 184 valence electrons. The summed E-state index contributed by atoms with van der Waals surface area (Å²) in [4.78, 5) is 24.5. The molecule has 3 aromatic rings. The van der Waals surface area contributed by atoms with Crippen molar-refractivity contribution in [2.75, 3.05) is 22.5 Å². The van der Waals surface area contributed by atoms with Gasteiger partial charge in [-0.25, -0.2) is 13.2 Å². The molecule has 0 fully saturated rings. The lowest BCUT2D eigenvalue weighted by molar-refractivity contribution is 0.0526. The third-order valence-electron chi connectivity index (χ3n) is 5.45. The Morgan fingerprint density at radius 2 is 1.60 bits per heavy atom. The SMILES string of the molecule is CCOC(=O)c1ccc(NC(=O)c2ccc(CN(c3ccc(C)c(C)c3)S(C)(=O)=O)cc2)c(Cl)c1. The molecule has 0 heterocycles. The summed E-state index contributed by atoms with van der Waals surface area (Å²) in [6, 6.07) is 16.7. The van der Waals surface area contributed by atoms with E-state index < -0.39 is 21.9 Å². The van der Waals surface area contributed by atoms with Gasteiger partial charge in [-0.1, -0.05) is 29.8 Å². The smallest absolute Gasteiger partial charge is 0.338 e. The van der Waals surface area contributed by atoms with Crippen LogP contribution in [0.4, 0.5) is 11.4 Å². The minimum Gasteiger partial charge on any atom is -0.462 e. The molecule has 3 aromatic carbocycles. The maximum atomic E-state index is 12.7. The van der Waals surface area contributed by atoms with E-state index in [0.29, 0.717) is 22.5 Å². The molecule has 0 bridgehead atoms. The number of esters is 1. The predicted octanol–water partition coefficient (Wildman–Crippen LogP) is 5.35. The maximum Gasteiger partial charge on any atom is 0.338 e. The largest absolute Gasteiger partial charge is 0.462 e. The average molecular weight is 515 g/mol. The normalized spacial score (nSPS) is 11.1. The first-order valence-electron chi connectivity index (χ1n) is 10.9. The van der Waals surface area contributed by atoms with Gasteiger partial charge in [0.25, 0.3) is 5.91 Å². The highest BCUT2D eigenvalue weighted by atomic mass is 35.5. The number of rotatable bonds is 8. The van der Waals surface area contributed by atoms with Gasteiger partial charge in [0.15, 0.2) is 0 Å². The van der Waals surface area contributed by atoms with Crippen LogP contribution in [0.3, 0.4) is 0 Å². The second-order valence-corrected chi connectivity index (χ2v) is 10.4. The molecule has 0 radical (unpaired) electrons. The number of hydrogen-bond donors (Lipinski definition) is 1. The number of benzene rings is 3. The number of nitrogens with zero attached hydrogens (tertiary/aromatic N) is 1. The van der Waals surface area contributed by atoms with Crippen LogP contribution in [-0.4, -0.2) is 33.2 Å². The zero-order chi connectivity index (χ0) is 25.8. The minimum absolute atomic E-state index is 0.129. The van der Waals surface area contributed by atoms with Gasteiger partial charge in [0.1, 0.15) is 0 Å². The molecule has 0 unspecified atom stereocenters. The molecule has 0 atom stereocenters. The van der Waals surface area contributed by atoms with Crippen LogP contribution in [-0.2, 0) is 21.3 Å². The average Bonchev–Trinajstić information content (AvgIpc) is 2.80. The van der Waals surface area contributed by atoms with E-state index in [2.05, 4.69) is 5.32 Å². The van der Waals surface area contributed by atoms with Crippen LogP contribution < -0.4 is 9.62 Å². The highest BCUT2D eigenvalue weighted by Crippen LogP contribution is 2.25. The van der Waals surface area contributed by atoms with Gasteiger partial charge in [-0.05, 0) is 79.9 Å². The lowest BCUT2D eigenvalue weighted by Crippen LogP contribution is -2.29. The lowest BCUT2D eigenvalue weighted by Gasteiger charge is -2.23. The van der Waals surface area contributed by atoms with Crippen LogP contribution >= 0.6 is 11.6 Å². The predicted molar refractivity (Wildman–Crippen MR) is 139 cm³/mol. The Hall–Kier alpha value is -3.36. The summed E-state index contributed by atoms with van der Waals surface area (Å²) in [6.45, 7) is 5.99. The van der Waals surface area contributed by atoms with E-state index in [0.717, 1.165) is 16.7 Å². The molecule has 0 spiro atoms. The molecule has 0 aliphatic heterocycles. The lowest BCUT2D eigenvalue weighted by atomic mass is 10.1. The summed E-state index contributed by atoms with van der Waals surface area (Å²) in [7, 11) is -3.52. The molecular weight excluding hydrogens is 488 g/mol. The van der Waals surface area contributed by atoms with Crippen LogP contribution in [0, 0.1) is 13.8 Å². The van der Waals surface area contributed by atoms with Crippen molar-refractivity contribution in [2.45, 2.75) is 27.3 Å². The zero-order valence-electron chi connectivity index (χ0n) is 20.0. The van der Waals surface area contributed by atoms with Crippen molar-refractivity contribution in [3.63, 3.8) is 0 Å². The first kappa shape index (κ1) is 26.2. The topological polar surface area (TPSA) is 92.8 Å². The highest BCUT2D eigenvalue weighted by Gasteiger charge is 2.19. The van der Waals surface area contributed by atoms with Crippen LogP contribution in [0.5, 0.6) is 0 Å². The minimum atomic E-state index is -3.52. The number of nitrogens with one attached hydrogen (secondary N) is 1. The third kappa shape index (κ3) is 6.61. The Labute approximate surface area is 210 Å². The summed E-state index contributed by atoms with van der Waals surface area (Å²) < 4.78 is 31.2. The molecule has 0 aromatic heterocycles. The van der Waals surface area contributed by atoms with Crippen molar-refractivity contribution in [2.24, 2.45) is 0 Å². The van der Waals surface area contributed by atoms with E-state index in [1.165, 1.54) is 28.8 Å². The van der Waals surface area contributed by atoms with Gasteiger partial charge in [0, 0.05) is 5.56 Å². The second-order valence-electron chi connectivity index (χ2n) is 8.10. The number of anilines is 2. The molecule has 1 amide bonds. The van der Waals surface area contributed by atoms with E-state index in [-0.39, 0.29) is 18.2 Å². The van der Waals surface area contributed by atoms with E-state index >= 15 is 0 Å². The van der Waals surface area contributed by atoms with Crippen molar-refractivity contribution in [1.29, 1.82) is 0 Å². The van der Waals surface area contributed by atoms with Gasteiger partial charge in [-0.3, -0.25) is 9.10 Å². The van der Waals surface area contributed by atoms with Gasteiger partial charge < -0.3 is 10.1 Å². The number of ether oxygens (including phenoxy) is 1. The number of carbonyl (C=O) groups is 2. The number of carbonyl (C=O) groups excluding carboxylic acids is 2. The third-order valence-corrected chi connectivity index (χ3v) is 6.90. The monoisotopic (exact) mass is 514 g/mol. The van der Waals surface area contributed by atoms with Gasteiger partial charge in [0.05, 0.1) is 41.4 Å². The maximum absolute atomic E-state index is 12.7. The molecule has 0 aliphatic carbocycles. The van der Waals surface area contributed by atoms with Crippen molar-refractivity contribution in [3.05, 3.63) is 93.5 Å². The molecule has 0 saturated carbocycles. The first-order valence-corrected chi connectivity index (χ1v) is 13.1. The Kier molecular flexibility index (Phi) is 8.19. The summed E-state index contributed by atoms with van der Waals surface area (Å²) in [5.41, 5.74) is 4.40. The number of sulfonamides is 1. The number of halogens is 1. The van der Waals surface area contributed by atoms with Crippen LogP contribution in [0.25, 0.3) is 0 Å². The fraction of sp³-hybridized carbons (Fsp3) is 0.231. The van der Waals surface area contributed by atoms with Gasteiger partial charge in [0.2, 0.25) is 10.0 Å². The fourth-order valence-electron chi connectivity index (χ4n) is 3.36. The van der Waals surface area contributed by atoms with E-state index in [4.69, 9.17) is 16.3 Å². The standard InChI is InChI=1S/C26H27ClN2O5S/c1-5-34-26(31)21-11-13-24(23(27)15-21)28-25(30)20-9-7-19(8-10-20)16-29(35(4,32)33)22-12-6-17(2)18(3)14-22/h6-15H,5,16H2,1-4H3,(H,28,30). The fourth-order valence-corrected chi connectivity index (χ4v) is 4.47. The summed E-state index contributed by atoms with van der Waals surface area (Å²) in [5.74, 6) is -0.886. The Morgan fingerprint density at radius 1 is 0.943 bits per heavy atom. The molecular formula is C26H27ClN2O5S. The van der Waals surface area contributed by atoms with Gasteiger partial charge in [-0.15, -0.1) is 0 Å². The van der Waals surface area contributed by atoms with E-state index in [9.17, 15) is 18.0 Å². The van der Waals surface area contributed by atoms with Gasteiger partial charge >= 0.3 is 5.97 Å². The molecule has 9 heteroatoms. The molecule has 3 rings (SSSR count). The number of aryl methyl sites for hydroxylation is 2. The van der Waals surface area contributed by atoms with Crippen molar-refractivity contribution < 1.29 is 22.7 Å². The number of hydrogen-bond acceptors (Lipinski definition) is 5. The highest BCUT2D eigenvalue weighted by molar-refractivity contribution is 7.92. The van der Waals surface area contributed by atoms with Crippen molar-refractivity contribution in [1.82, 2.24) is 0 Å². The number of amides is 1. The Balaban J connectivity index is 1.75. The van der Waals surface area contributed by atoms with Crippen LogP contribution in [0.1, 0.15) is 44.3 Å². The van der Waals surface area contributed by atoms with E-state index in [1.807, 2.05) is 26.0 Å². The summed E-state index contributed by atoms with van der Waals surface area (Å²) in [6.07, 6.45) is 1.17. The molecule has 1 N–H and O–H groups in total. The second kappa shape index (κ2) is 10.9. The zero-order valence-corrected chi connectivity index (χ0v) is 21.5. The van der Waals surface area contributed by atoms with Crippen molar-refractivity contribution in [3.8, 4) is 0 Å². The summed E-state index contributed by atoms with van der Waals surface area (Å²) >= 11 is 6.22. The first-order chi connectivity index (χ1) is 16.5. The molecule has 7 nitrogen and oxygen atoms in total. The Bertz CT molecular complexity index is 1350. The molecule has 0 aliphatic rings. The molecule has 0 saturated heterocycles. The Morgan fingerprint density at radius 3 is 2.17 bits per heavy atom. The van der Waals surface area contributed by atoms with E-state index in [1.54, 1.807) is 37.3 Å². The van der Waals surface area contributed by atoms with Crippen molar-refractivity contribution >= 4 is 44.9 Å². The van der Waals surface area contributed by atoms with Gasteiger partial charge in [-0.2, -0.15) is 0 Å². The summed E-state index contributed by atoms with van der Waals surface area (Å²) in [5, 5.41) is 2.92. The van der Waals surface area contributed by atoms with Crippen LogP contribution in [0.15, 0.2) is 60.7 Å². The molecule has 35 heavy (non-hydrogen) atoms. The van der Waals surface area contributed by atoms with Crippen LogP contribution in [0.2, 0.25) is 5.02 Å². The quantitative estimate of drug-likeness (QED) is 0.409.